The number of benzene rings is 2. The molecule has 2 rings (SSSR count). The highest BCUT2D eigenvalue weighted by atomic mass is 19.1. The molecule has 5 heteroatoms. The van der Waals surface area contributed by atoms with Gasteiger partial charge >= 0.3 is 0 Å². The van der Waals surface area contributed by atoms with Gasteiger partial charge in [-0.1, -0.05) is 12.1 Å². The van der Waals surface area contributed by atoms with Gasteiger partial charge in [0.15, 0.2) is 0 Å². The first-order valence-corrected chi connectivity index (χ1v) is 5.64. The van der Waals surface area contributed by atoms with E-state index in [1.807, 2.05) is 0 Å². The molecular formula is C14H12F2N2O. The molecule has 0 heterocycles. The topological polar surface area (TPSA) is 55.1 Å². The van der Waals surface area contributed by atoms with Gasteiger partial charge in [0.25, 0.3) is 0 Å². The van der Waals surface area contributed by atoms with Crippen LogP contribution in [0.25, 0.3) is 0 Å². The first kappa shape index (κ1) is 13.0. The first-order valence-electron chi connectivity index (χ1n) is 5.64. The van der Waals surface area contributed by atoms with Crippen LogP contribution in [0.1, 0.15) is 5.56 Å². The number of nitrogen functional groups attached to an aromatic ring is 1. The maximum Gasteiger partial charge on any atom is 0.228 e. The Morgan fingerprint density at radius 1 is 1.11 bits per heavy atom. The zero-order valence-electron chi connectivity index (χ0n) is 9.99. The van der Waals surface area contributed by atoms with E-state index in [9.17, 15) is 13.6 Å². The second-order valence-electron chi connectivity index (χ2n) is 4.09. The summed E-state index contributed by atoms with van der Waals surface area (Å²) in [7, 11) is 0. The molecule has 2 aromatic rings. The van der Waals surface area contributed by atoms with Gasteiger partial charge in [0.2, 0.25) is 5.91 Å². The van der Waals surface area contributed by atoms with Gasteiger partial charge in [-0.2, -0.15) is 0 Å². The zero-order valence-corrected chi connectivity index (χ0v) is 9.99. The van der Waals surface area contributed by atoms with Crippen LogP contribution >= 0.6 is 0 Å². The first-order chi connectivity index (χ1) is 9.04. The van der Waals surface area contributed by atoms with Gasteiger partial charge in [-0.25, -0.2) is 8.78 Å². The Kier molecular flexibility index (Phi) is 3.75. The van der Waals surface area contributed by atoms with Crippen LogP contribution in [-0.4, -0.2) is 5.91 Å². The van der Waals surface area contributed by atoms with Crippen LogP contribution in [0.2, 0.25) is 0 Å². The smallest absolute Gasteiger partial charge is 0.228 e. The molecule has 0 saturated heterocycles. The number of halogens is 2. The Bertz CT molecular complexity index is 597. The highest BCUT2D eigenvalue weighted by molar-refractivity contribution is 5.92. The van der Waals surface area contributed by atoms with Crippen molar-refractivity contribution in [2.24, 2.45) is 0 Å². The van der Waals surface area contributed by atoms with Gasteiger partial charge in [-0.15, -0.1) is 0 Å². The zero-order chi connectivity index (χ0) is 13.8. The van der Waals surface area contributed by atoms with Crippen molar-refractivity contribution >= 4 is 17.3 Å². The summed E-state index contributed by atoms with van der Waals surface area (Å²) in [4.78, 5) is 11.7. The normalized spacial score (nSPS) is 10.2. The largest absolute Gasteiger partial charge is 0.399 e. The Balaban J connectivity index is 2.03. The van der Waals surface area contributed by atoms with Crippen molar-refractivity contribution < 1.29 is 13.6 Å². The summed E-state index contributed by atoms with van der Waals surface area (Å²) >= 11 is 0. The molecule has 98 valence electrons. The van der Waals surface area contributed by atoms with Crippen molar-refractivity contribution in [1.29, 1.82) is 0 Å². The molecule has 0 aromatic heterocycles. The number of anilines is 2. The summed E-state index contributed by atoms with van der Waals surface area (Å²) in [5.74, 6) is -1.34. The number of carbonyl (C=O) groups excluding carboxylic acids is 1. The fourth-order valence-corrected chi connectivity index (χ4v) is 1.61. The lowest BCUT2D eigenvalue weighted by molar-refractivity contribution is -0.115. The molecule has 19 heavy (non-hydrogen) atoms. The maximum absolute atomic E-state index is 13.5. The highest BCUT2D eigenvalue weighted by Gasteiger charge is 2.08. The number of amides is 1. The van der Waals surface area contributed by atoms with Gasteiger partial charge < -0.3 is 11.1 Å². The fourth-order valence-electron chi connectivity index (χ4n) is 1.61. The Hall–Kier alpha value is -2.43. The molecule has 0 fully saturated rings. The molecule has 0 unspecified atom stereocenters. The average Bonchev–Trinajstić information content (AvgIpc) is 2.36. The third-order valence-corrected chi connectivity index (χ3v) is 2.55. The number of carbonyl (C=O) groups is 1. The van der Waals surface area contributed by atoms with E-state index in [1.165, 1.54) is 36.4 Å². The third-order valence-electron chi connectivity index (χ3n) is 2.55. The van der Waals surface area contributed by atoms with Crippen LogP contribution in [0.4, 0.5) is 20.2 Å². The summed E-state index contributed by atoms with van der Waals surface area (Å²) in [5, 5.41) is 2.44. The summed E-state index contributed by atoms with van der Waals surface area (Å²) in [5.41, 5.74) is 6.41. The number of nitrogens with two attached hydrogens (primary N) is 1. The van der Waals surface area contributed by atoms with E-state index in [-0.39, 0.29) is 29.5 Å². The molecule has 1 amide bonds. The minimum atomic E-state index is -0.590. The van der Waals surface area contributed by atoms with E-state index in [0.29, 0.717) is 5.56 Å². The lowest BCUT2D eigenvalue weighted by Gasteiger charge is -2.07. The van der Waals surface area contributed by atoms with E-state index in [0.717, 1.165) is 6.07 Å². The maximum atomic E-state index is 13.5. The van der Waals surface area contributed by atoms with Crippen molar-refractivity contribution in [3.05, 3.63) is 59.7 Å². The van der Waals surface area contributed by atoms with Gasteiger partial charge in [-0.3, -0.25) is 4.79 Å². The molecule has 0 aliphatic heterocycles. The van der Waals surface area contributed by atoms with Gasteiger partial charge in [0, 0.05) is 5.69 Å². The predicted molar refractivity (Wildman–Crippen MR) is 69.5 cm³/mol. The Morgan fingerprint density at radius 3 is 2.42 bits per heavy atom. The Morgan fingerprint density at radius 2 is 1.79 bits per heavy atom. The van der Waals surface area contributed by atoms with Crippen molar-refractivity contribution in [3.8, 4) is 0 Å². The predicted octanol–water partition coefficient (Wildman–Crippen LogP) is 2.73. The summed E-state index contributed by atoms with van der Waals surface area (Å²) in [6.45, 7) is 0. The van der Waals surface area contributed by atoms with Crippen molar-refractivity contribution in [1.82, 2.24) is 0 Å². The van der Waals surface area contributed by atoms with Crippen LogP contribution in [0.3, 0.4) is 0 Å². The van der Waals surface area contributed by atoms with Crippen LogP contribution in [0.15, 0.2) is 42.5 Å². The van der Waals surface area contributed by atoms with Gasteiger partial charge in [-0.05, 0) is 35.9 Å². The molecule has 0 aliphatic carbocycles. The van der Waals surface area contributed by atoms with Crippen LogP contribution in [0, 0.1) is 11.6 Å². The van der Waals surface area contributed by atoms with E-state index in [1.54, 1.807) is 0 Å². The molecule has 0 saturated carbocycles. The summed E-state index contributed by atoms with van der Waals surface area (Å²) < 4.78 is 26.2. The lowest BCUT2D eigenvalue weighted by Crippen LogP contribution is -2.15. The number of hydrogen-bond donors (Lipinski definition) is 2. The quantitative estimate of drug-likeness (QED) is 0.836. The number of rotatable bonds is 3. The van der Waals surface area contributed by atoms with Crippen molar-refractivity contribution in [2.45, 2.75) is 6.42 Å². The monoisotopic (exact) mass is 262 g/mol. The summed E-state index contributed by atoms with van der Waals surface area (Å²) in [6.07, 6.45) is 0.0457. The molecule has 0 bridgehead atoms. The second kappa shape index (κ2) is 5.48. The van der Waals surface area contributed by atoms with Gasteiger partial charge in [0.1, 0.15) is 11.6 Å². The minimum Gasteiger partial charge on any atom is -0.399 e. The van der Waals surface area contributed by atoms with E-state index < -0.39 is 5.82 Å². The number of nitrogens with one attached hydrogen (secondary N) is 1. The third kappa shape index (κ3) is 3.51. The Labute approximate surface area is 109 Å². The van der Waals surface area contributed by atoms with E-state index in [2.05, 4.69) is 5.32 Å². The van der Waals surface area contributed by atoms with Crippen molar-refractivity contribution in [3.63, 3.8) is 0 Å². The lowest BCUT2D eigenvalue weighted by atomic mass is 10.1. The van der Waals surface area contributed by atoms with E-state index in [4.69, 9.17) is 5.73 Å². The summed E-state index contributed by atoms with van der Waals surface area (Å²) in [6, 6.07) is 9.58. The SMILES string of the molecule is Nc1ccc(NC(=O)Cc2ccc(F)cc2)c(F)c1. The molecule has 2 aromatic carbocycles. The van der Waals surface area contributed by atoms with Crippen LogP contribution in [0.5, 0.6) is 0 Å². The molecule has 0 atom stereocenters. The second-order valence-corrected chi connectivity index (χ2v) is 4.09. The van der Waals surface area contributed by atoms with E-state index >= 15 is 0 Å². The minimum absolute atomic E-state index is 0.0457. The molecule has 0 aliphatic rings. The van der Waals surface area contributed by atoms with Crippen LogP contribution < -0.4 is 11.1 Å². The fraction of sp³-hybridized carbons (Fsp3) is 0.0714. The molecule has 0 spiro atoms. The average molecular weight is 262 g/mol. The van der Waals surface area contributed by atoms with Crippen LogP contribution in [-0.2, 0) is 11.2 Å². The van der Waals surface area contributed by atoms with Crippen molar-refractivity contribution in [2.75, 3.05) is 11.1 Å². The molecule has 3 N–H and O–H groups in total. The van der Waals surface area contributed by atoms with Gasteiger partial charge in [0.05, 0.1) is 12.1 Å². The standard InChI is InChI=1S/C14H12F2N2O/c15-10-3-1-9(2-4-10)7-14(19)18-13-6-5-11(17)8-12(13)16/h1-6,8H,7,17H2,(H,18,19). The number of hydrogen-bond acceptors (Lipinski definition) is 2. The molecule has 3 nitrogen and oxygen atoms in total. The highest BCUT2D eigenvalue weighted by Crippen LogP contribution is 2.17. The molecule has 0 radical (unpaired) electrons. The molecular weight excluding hydrogens is 250 g/mol.